The fourth-order valence-electron chi connectivity index (χ4n) is 1.06. The lowest BCUT2D eigenvalue weighted by molar-refractivity contribution is -0.119. The number of carbonyl (C=O) groups is 1. The number of hydrogen-bond donors (Lipinski definition) is 3. The van der Waals surface area contributed by atoms with E-state index in [1.165, 1.54) is 12.1 Å². The highest BCUT2D eigenvalue weighted by atomic mass is 35.5. The van der Waals surface area contributed by atoms with Crippen LogP contribution in [0.15, 0.2) is 16.3 Å². The molecule has 1 aromatic rings. The summed E-state index contributed by atoms with van der Waals surface area (Å²) in [6.07, 6.45) is 0. The van der Waals surface area contributed by atoms with Crippen molar-refractivity contribution in [2.75, 3.05) is 26.7 Å². The molecule has 18 heavy (non-hydrogen) atoms. The average molecular weight is 312 g/mol. The maximum absolute atomic E-state index is 11.7. The molecule has 0 saturated heterocycles. The van der Waals surface area contributed by atoms with Gasteiger partial charge in [-0.05, 0) is 19.2 Å². The molecule has 0 bridgehead atoms. The summed E-state index contributed by atoms with van der Waals surface area (Å²) in [5, 5.41) is 5.42. The number of rotatable bonds is 7. The molecule has 0 aliphatic carbocycles. The van der Waals surface area contributed by atoms with E-state index in [1.807, 2.05) is 0 Å². The maximum Gasteiger partial charge on any atom is 0.250 e. The SMILES string of the molecule is CNCCNC(=O)CNS(=O)(=O)c1ccc(Cl)s1. The van der Waals surface area contributed by atoms with Crippen LogP contribution in [-0.4, -0.2) is 41.0 Å². The lowest BCUT2D eigenvalue weighted by Crippen LogP contribution is -2.39. The number of sulfonamides is 1. The van der Waals surface area contributed by atoms with Crippen LogP contribution >= 0.6 is 22.9 Å². The summed E-state index contributed by atoms with van der Waals surface area (Å²) in [6.45, 7) is 0.780. The van der Waals surface area contributed by atoms with E-state index in [2.05, 4.69) is 15.4 Å². The third-order valence-electron chi connectivity index (χ3n) is 1.93. The van der Waals surface area contributed by atoms with Gasteiger partial charge in [0.15, 0.2) is 0 Å². The van der Waals surface area contributed by atoms with Gasteiger partial charge in [-0.1, -0.05) is 11.6 Å². The predicted octanol–water partition coefficient (Wildman–Crippen LogP) is 0.0154. The minimum atomic E-state index is -3.66. The summed E-state index contributed by atoms with van der Waals surface area (Å²) in [5.41, 5.74) is 0. The van der Waals surface area contributed by atoms with Crippen molar-refractivity contribution in [1.29, 1.82) is 0 Å². The molecular weight excluding hydrogens is 298 g/mol. The molecule has 0 aliphatic rings. The first kappa shape index (κ1) is 15.4. The lowest BCUT2D eigenvalue weighted by Gasteiger charge is -2.06. The molecule has 0 fully saturated rings. The smallest absolute Gasteiger partial charge is 0.250 e. The van der Waals surface area contributed by atoms with Crippen LogP contribution in [0.2, 0.25) is 4.34 Å². The Morgan fingerprint density at radius 1 is 1.39 bits per heavy atom. The molecule has 0 aliphatic heterocycles. The number of thiophene rings is 1. The van der Waals surface area contributed by atoms with Gasteiger partial charge in [-0.2, -0.15) is 0 Å². The van der Waals surface area contributed by atoms with E-state index >= 15 is 0 Å². The molecule has 1 amide bonds. The van der Waals surface area contributed by atoms with Crippen LogP contribution in [0, 0.1) is 0 Å². The Labute approximate surface area is 115 Å². The van der Waals surface area contributed by atoms with Crippen LogP contribution in [0.5, 0.6) is 0 Å². The van der Waals surface area contributed by atoms with Crippen molar-refractivity contribution in [2.45, 2.75) is 4.21 Å². The number of amides is 1. The van der Waals surface area contributed by atoms with Gasteiger partial charge in [-0.15, -0.1) is 11.3 Å². The standard InChI is InChI=1S/C9H14ClN3O3S2/c1-11-4-5-12-8(14)6-13-18(15,16)9-3-2-7(10)17-9/h2-3,11,13H,4-6H2,1H3,(H,12,14). The van der Waals surface area contributed by atoms with E-state index in [0.717, 1.165) is 11.3 Å². The van der Waals surface area contributed by atoms with Crippen LogP contribution in [-0.2, 0) is 14.8 Å². The van der Waals surface area contributed by atoms with Gasteiger partial charge >= 0.3 is 0 Å². The van der Waals surface area contributed by atoms with Gasteiger partial charge in [0.1, 0.15) is 4.21 Å². The minimum absolute atomic E-state index is 0.0931. The van der Waals surface area contributed by atoms with Crippen LogP contribution in [0.1, 0.15) is 0 Å². The molecule has 102 valence electrons. The minimum Gasteiger partial charge on any atom is -0.354 e. The molecule has 0 aromatic carbocycles. The molecule has 3 N–H and O–H groups in total. The highest BCUT2D eigenvalue weighted by Crippen LogP contribution is 2.24. The molecule has 0 spiro atoms. The van der Waals surface area contributed by atoms with E-state index in [9.17, 15) is 13.2 Å². The highest BCUT2D eigenvalue weighted by Gasteiger charge is 2.17. The summed E-state index contributed by atoms with van der Waals surface area (Å²) in [6, 6.07) is 2.89. The lowest BCUT2D eigenvalue weighted by atomic mass is 10.5. The van der Waals surface area contributed by atoms with Crippen molar-refractivity contribution in [1.82, 2.24) is 15.4 Å². The molecule has 0 atom stereocenters. The van der Waals surface area contributed by atoms with E-state index in [0.29, 0.717) is 17.4 Å². The first-order valence-electron chi connectivity index (χ1n) is 5.12. The number of carbonyl (C=O) groups excluding carboxylic acids is 1. The Morgan fingerprint density at radius 3 is 2.67 bits per heavy atom. The third-order valence-corrected chi connectivity index (χ3v) is 5.06. The summed E-state index contributed by atoms with van der Waals surface area (Å²) < 4.78 is 26.1. The second kappa shape index (κ2) is 7.05. The van der Waals surface area contributed by atoms with Crippen LogP contribution in [0.3, 0.4) is 0 Å². The van der Waals surface area contributed by atoms with E-state index in [1.54, 1.807) is 7.05 Å². The maximum atomic E-state index is 11.7. The van der Waals surface area contributed by atoms with Gasteiger partial charge in [-0.3, -0.25) is 4.79 Å². The zero-order chi connectivity index (χ0) is 13.6. The van der Waals surface area contributed by atoms with Gasteiger partial charge in [0.25, 0.3) is 10.0 Å². The van der Waals surface area contributed by atoms with E-state index in [4.69, 9.17) is 11.6 Å². The fourth-order valence-corrected chi connectivity index (χ4v) is 3.57. The van der Waals surface area contributed by atoms with Gasteiger partial charge in [0, 0.05) is 13.1 Å². The number of halogens is 1. The number of nitrogens with one attached hydrogen (secondary N) is 3. The first-order valence-corrected chi connectivity index (χ1v) is 7.80. The molecule has 9 heteroatoms. The predicted molar refractivity (Wildman–Crippen MR) is 71.5 cm³/mol. The summed E-state index contributed by atoms with van der Waals surface area (Å²) in [4.78, 5) is 11.3. The molecule has 6 nitrogen and oxygen atoms in total. The Kier molecular flexibility index (Phi) is 6.03. The quantitative estimate of drug-likeness (QED) is 0.619. The Morgan fingerprint density at radius 2 is 2.11 bits per heavy atom. The Bertz CT molecular complexity index is 501. The molecule has 1 heterocycles. The van der Waals surface area contributed by atoms with Crippen molar-refractivity contribution in [2.24, 2.45) is 0 Å². The van der Waals surface area contributed by atoms with Crippen molar-refractivity contribution in [3.8, 4) is 0 Å². The van der Waals surface area contributed by atoms with Gasteiger partial charge in [0.2, 0.25) is 5.91 Å². The van der Waals surface area contributed by atoms with E-state index < -0.39 is 10.0 Å². The Balaban J connectivity index is 2.45. The van der Waals surface area contributed by atoms with Crippen LogP contribution in [0.25, 0.3) is 0 Å². The summed E-state index contributed by atoms with van der Waals surface area (Å²) in [7, 11) is -1.90. The van der Waals surface area contributed by atoms with E-state index in [-0.39, 0.29) is 16.7 Å². The van der Waals surface area contributed by atoms with Crippen molar-refractivity contribution >= 4 is 38.9 Å². The molecular formula is C9H14ClN3O3S2. The van der Waals surface area contributed by atoms with Gasteiger partial charge in [0.05, 0.1) is 10.9 Å². The molecule has 1 rings (SSSR count). The summed E-state index contributed by atoms with van der Waals surface area (Å²) >= 11 is 6.59. The monoisotopic (exact) mass is 311 g/mol. The second-order valence-corrected chi connectivity index (χ2v) is 7.05. The Hall–Kier alpha value is -0.670. The topological polar surface area (TPSA) is 87.3 Å². The van der Waals surface area contributed by atoms with Crippen molar-refractivity contribution in [3.63, 3.8) is 0 Å². The number of likely N-dealkylation sites (N-methyl/N-ethyl adjacent to an activating group) is 1. The summed E-state index contributed by atoms with van der Waals surface area (Å²) in [5.74, 6) is -0.378. The largest absolute Gasteiger partial charge is 0.354 e. The van der Waals surface area contributed by atoms with Gasteiger partial charge in [-0.25, -0.2) is 13.1 Å². The molecule has 0 saturated carbocycles. The first-order chi connectivity index (χ1) is 8.45. The van der Waals surface area contributed by atoms with Crippen LogP contribution < -0.4 is 15.4 Å². The van der Waals surface area contributed by atoms with Crippen molar-refractivity contribution in [3.05, 3.63) is 16.5 Å². The average Bonchev–Trinajstić information content (AvgIpc) is 2.75. The number of hydrogen-bond acceptors (Lipinski definition) is 5. The zero-order valence-electron chi connectivity index (χ0n) is 9.70. The molecule has 0 radical (unpaired) electrons. The second-order valence-electron chi connectivity index (χ2n) is 3.34. The zero-order valence-corrected chi connectivity index (χ0v) is 12.1. The highest BCUT2D eigenvalue weighted by molar-refractivity contribution is 7.91. The van der Waals surface area contributed by atoms with Crippen LogP contribution in [0.4, 0.5) is 0 Å². The molecule has 0 unspecified atom stereocenters. The third kappa shape index (κ3) is 4.91. The normalized spacial score (nSPS) is 11.4. The van der Waals surface area contributed by atoms with Crippen molar-refractivity contribution < 1.29 is 13.2 Å². The van der Waals surface area contributed by atoms with Gasteiger partial charge < -0.3 is 10.6 Å². The molecule has 1 aromatic heterocycles. The fraction of sp³-hybridized carbons (Fsp3) is 0.444.